The molecule has 0 saturated heterocycles. The first kappa shape index (κ1) is 13.2. The second kappa shape index (κ2) is 5.68. The van der Waals surface area contributed by atoms with E-state index in [1.807, 2.05) is 18.2 Å². The third-order valence-electron chi connectivity index (χ3n) is 4.06. The van der Waals surface area contributed by atoms with Crippen molar-refractivity contribution in [2.45, 2.75) is 38.3 Å². The van der Waals surface area contributed by atoms with Crippen LogP contribution in [-0.2, 0) is 6.42 Å². The Balaban J connectivity index is 1.80. The zero-order valence-electron chi connectivity index (χ0n) is 11.9. The molecule has 1 aliphatic rings. The van der Waals surface area contributed by atoms with Crippen molar-refractivity contribution in [2.24, 2.45) is 5.73 Å². The van der Waals surface area contributed by atoms with Gasteiger partial charge in [-0.2, -0.15) is 0 Å². The molecule has 1 unspecified atom stereocenters. The van der Waals surface area contributed by atoms with Crippen molar-refractivity contribution in [1.29, 1.82) is 0 Å². The Kier molecular flexibility index (Phi) is 3.75. The van der Waals surface area contributed by atoms with Crippen molar-refractivity contribution < 1.29 is 4.74 Å². The smallest absolute Gasteiger partial charge is 0.121 e. The van der Waals surface area contributed by atoms with E-state index in [1.165, 1.54) is 23.1 Å². The molecule has 1 aliphatic carbocycles. The summed E-state index contributed by atoms with van der Waals surface area (Å²) >= 11 is 0. The van der Waals surface area contributed by atoms with Crippen LogP contribution in [0.4, 0.5) is 0 Å². The van der Waals surface area contributed by atoms with Gasteiger partial charge >= 0.3 is 0 Å². The lowest BCUT2D eigenvalue weighted by Gasteiger charge is -2.23. The lowest BCUT2D eigenvalue weighted by Crippen LogP contribution is -2.17. The molecule has 0 heterocycles. The van der Waals surface area contributed by atoms with Gasteiger partial charge in [-0.1, -0.05) is 36.4 Å². The van der Waals surface area contributed by atoms with Crippen LogP contribution in [0.15, 0.2) is 48.5 Å². The van der Waals surface area contributed by atoms with Gasteiger partial charge in [-0.05, 0) is 55.0 Å². The normalized spacial score (nSPS) is 19.2. The Morgan fingerprint density at radius 3 is 2.75 bits per heavy atom. The molecule has 0 amide bonds. The van der Waals surface area contributed by atoms with Crippen molar-refractivity contribution in [2.75, 3.05) is 0 Å². The average molecular weight is 267 g/mol. The number of nitrogens with two attached hydrogens (primary N) is 1. The van der Waals surface area contributed by atoms with E-state index in [0.29, 0.717) is 0 Å². The van der Waals surface area contributed by atoms with Crippen molar-refractivity contribution in [3.05, 3.63) is 65.2 Å². The monoisotopic (exact) mass is 267 g/mol. The molecule has 104 valence electrons. The Bertz CT molecular complexity index is 579. The number of hydrogen-bond donors (Lipinski definition) is 1. The van der Waals surface area contributed by atoms with E-state index >= 15 is 0 Å². The summed E-state index contributed by atoms with van der Waals surface area (Å²) in [5.74, 6) is 0.914. The lowest BCUT2D eigenvalue weighted by molar-refractivity contribution is 0.226. The molecule has 2 aromatic rings. The Morgan fingerprint density at radius 2 is 1.95 bits per heavy atom. The molecule has 2 atom stereocenters. The molecule has 0 radical (unpaired) electrons. The van der Waals surface area contributed by atoms with Crippen molar-refractivity contribution in [1.82, 2.24) is 0 Å². The third-order valence-corrected chi connectivity index (χ3v) is 4.06. The summed E-state index contributed by atoms with van der Waals surface area (Å²) in [6, 6.07) is 16.8. The molecule has 2 N–H and O–H groups in total. The van der Waals surface area contributed by atoms with Crippen molar-refractivity contribution >= 4 is 0 Å². The summed E-state index contributed by atoms with van der Waals surface area (Å²) in [5, 5.41) is 0. The maximum absolute atomic E-state index is 6.20. The van der Waals surface area contributed by atoms with Gasteiger partial charge in [0.05, 0.1) is 0 Å². The molecular weight excluding hydrogens is 246 g/mol. The highest BCUT2D eigenvalue weighted by molar-refractivity contribution is 5.39. The van der Waals surface area contributed by atoms with Crippen molar-refractivity contribution in [3.63, 3.8) is 0 Å². The number of fused-ring (bicyclic) bond motifs is 1. The summed E-state index contributed by atoms with van der Waals surface area (Å²) in [4.78, 5) is 0. The minimum Gasteiger partial charge on any atom is -0.486 e. The van der Waals surface area contributed by atoms with Gasteiger partial charge in [0.25, 0.3) is 0 Å². The Morgan fingerprint density at radius 1 is 1.15 bits per heavy atom. The summed E-state index contributed by atoms with van der Waals surface area (Å²) in [7, 11) is 0. The van der Waals surface area contributed by atoms with E-state index in [1.54, 1.807) is 0 Å². The summed E-state index contributed by atoms with van der Waals surface area (Å²) in [6.45, 7) is 2.08. The van der Waals surface area contributed by atoms with Crippen LogP contribution in [0.2, 0.25) is 0 Å². The van der Waals surface area contributed by atoms with Gasteiger partial charge in [0.1, 0.15) is 11.9 Å². The van der Waals surface area contributed by atoms with E-state index in [0.717, 1.165) is 18.6 Å². The quantitative estimate of drug-likeness (QED) is 0.906. The molecule has 0 fully saturated rings. The first-order chi connectivity index (χ1) is 9.74. The third kappa shape index (κ3) is 2.70. The van der Waals surface area contributed by atoms with E-state index in [9.17, 15) is 0 Å². The number of rotatable bonds is 3. The first-order valence-electron chi connectivity index (χ1n) is 7.34. The highest BCUT2D eigenvalue weighted by Crippen LogP contribution is 2.32. The summed E-state index contributed by atoms with van der Waals surface area (Å²) in [6.07, 6.45) is 3.45. The molecule has 3 rings (SSSR count). The van der Waals surface area contributed by atoms with Crippen LogP contribution in [-0.4, -0.2) is 0 Å². The molecule has 20 heavy (non-hydrogen) atoms. The predicted molar refractivity (Wildman–Crippen MR) is 81.8 cm³/mol. The number of aryl methyl sites for hydroxylation is 1. The van der Waals surface area contributed by atoms with E-state index in [4.69, 9.17) is 10.5 Å². The molecule has 0 aromatic heterocycles. The van der Waals surface area contributed by atoms with Gasteiger partial charge in [0.2, 0.25) is 0 Å². The maximum atomic E-state index is 6.20. The van der Waals surface area contributed by atoms with Crippen molar-refractivity contribution in [3.8, 4) is 5.75 Å². The molecule has 0 aliphatic heterocycles. The largest absolute Gasteiger partial charge is 0.486 e. The van der Waals surface area contributed by atoms with Gasteiger partial charge in [0.15, 0.2) is 0 Å². The minimum atomic E-state index is 0.0501. The molecular formula is C18H21NO. The highest BCUT2D eigenvalue weighted by atomic mass is 16.5. The van der Waals surface area contributed by atoms with Gasteiger partial charge < -0.3 is 10.5 Å². The average Bonchev–Trinajstić information content (AvgIpc) is 2.49. The molecule has 2 heteroatoms. The molecule has 0 saturated carbocycles. The van der Waals surface area contributed by atoms with Crippen LogP contribution in [0.1, 0.15) is 48.6 Å². The number of benzene rings is 2. The standard InChI is InChI=1S/C18H21NO/c1-13(14-6-3-2-4-7-14)20-16-11-10-15-8-5-9-18(19)17(15)12-16/h2-4,6-7,10-13,18H,5,8-9,19H2,1H3/t13?,18-/m1/s1. The van der Waals surface area contributed by atoms with E-state index < -0.39 is 0 Å². The molecule has 2 aromatic carbocycles. The van der Waals surface area contributed by atoms with Crippen LogP contribution in [0, 0.1) is 0 Å². The maximum Gasteiger partial charge on any atom is 0.121 e. The van der Waals surface area contributed by atoms with Crippen LogP contribution in [0.3, 0.4) is 0 Å². The van der Waals surface area contributed by atoms with Crippen LogP contribution in [0.25, 0.3) is 0 Å². The van der Waals surface area contributed by atoms with E-state index in [-0.39, 0.29) is 12.1 Å². The molecule has 0 spiro atoms. The highest BCUT2D eigenvalue weighted by Gasteiger charge is 2.18. The minimum absolute atomic E-state index is 0.0501. The SMILES string of the molecule is CC(Oc1ccc2c(c1)[C@H](N)CCC2)c1ccccc1. The van der Waals surface area contributed by atoms with Gasteiger partial charge in [-0.25, -0.2) is 0 Å². The summed E-state index contributed by atoms with van der Waals surface area (Å²) < 4.78 is 6.06. The molecule has 2 nitrogen and oxygen atoms in total. The Labute approximate surface area is 120 Å². The van der Waals surface area contributed by atoms with Crippen LogP contribution < -0.4 is 10.5 Å². The first-order valence-corrected chi connectivity index (χ1v) is 7.34. The fourth-order valence-corrected chi connectivity index (χ4v) is 2.88. The second-order valence-electron chi connectivity index (χ2n) is 5.53. The Hall–Kier alpha value is -1.80. The predicted octanol–water partition coefficient (Wildman–Crippen LogP) is 4.16. The van der Waals surface area contributed by atoms with Crippen LogP contribution >= 0.6 is 0 Å². The van der Waals surface area contributed by atoms with Crippen LogP contribution in [0.5, 0.6) is 5.75 Å². The van der Waals surface area contributed by atoms with Gasteiger partial charge in [-0.3, -0.25) is 0 Å². The zero-order valence-corrected chi connectivity index (χ0v) is 11.9. The number of ether oxygens (including phenoxy) is 1. The van der Waals surface area contributed by atoms with E-state index in [2.05, 4.69) is 37.3 Å². The number of hydrogen-bond acceptors (Lipinski definition) is 2. The van der Waals surface area contributed by atoms with Gasteiger partial charge in [-0.15, -0.1) is 0 Å². The topological polar surface area (TPSA) is 35.2 Å². The molecule has 0 bridgehead atoms. The lowest BCUT2D eigenvalue weighted by atomic mass is 9.88. The zero-order chi connectivity index (χ0) is 13.9. The van der Waals surface area contributed by atoms with Gasteiger partial charge in [0, 0.05) is 6.04 Å². The second-order valence-corrected chi connectivity index (χ2v) is 5.53. The fraction of sp³-hybridized carbons (Fsp3) is 0.333. The summed E-state index contributed by atoms with van der Waals surface area (Å²) in [5.41, 5.74) is 10.0. The fourth-order valence-electron chi connectivity index (χ4n) is 2.88.